The van der Waals surface area contributed by atoms with Crippen LogP contribution < -0.4 is 5.32 Å². The van der Waals surface area contributed by atoms with E-state index in [0.717, 1.165) is 28.5 Å². The predicted octanol–water partition coefficient (Wildman–Crippen LogP) is 3.74. The summed E-state index contributed by atoms with van der Waals surface area (Å²) in [5.74, 6) is 0.651. The first-order valence-corrected chi connectivity index (χ1v) is 8.43. The number of hydrogen-bond acceptors (Lipinski definition) is 4. The zero-order chi connectivity index (χ0) is 17.2. The molecular weight excluding hydrogens is 314 g/mol. The molecule has 6 nitrogen and oxygen atoms in total. The van der Waals surface area contributed by atoms with E-state index in [1.165, 1.54) is 0 Å². The minimum Gasteiger partial charge on any atom is -0.351 e. The van der Waals surface area contributed by atoms with Crippen molar-refractivity contribution in [3.05, 3.63) is 60.4 Å². The molecule has 6 heteroatoms. The number of nitrogens with one attached hydrogen (secondary N) is 1. The maximum absolute atomic E-state index is 12.6. The second-order valence-electron chi connectivity index (χ2n) is 5.99. The van der Waals surface area contributed by atoms with Gasteiger partial charge in [-0.25, -0.2) is 14.1 Å². The van der Waals surface area contributed by atoms with Crippen molar-refractivity contribution in [3.63, 3.8) is 0 Å². The number of imidazole rings is 1. The van der Waals surface area contributed by atoms with Crippen LogP contribution >= 0.6 is 0 Å². The molecule has 126 valence electrons. The lowest BCUT2D eigenvalue weighted by Gasteiger charge is -2.09. The summed E-state index contributed by atoms with van der Waals surface area (Å²) in [5, 5.41) is 7.52. The molecule has 3 heterocycles. The van der Waals surface area contributed by atoms with Gasteiger partial charge in [0, 0.05) is 25.4 Å². The van der Waals surface area contributed by atoms with Crippen LogP contribution in [0, 0.1) is 0 Å². The zero-order valence-corrected chi connectivity index (χ0v) is 14.0. The lowest BCUT2D eigenvalue weighted by molar-refractivity contribution is 0.0909. The molecule has 1 N–H and O–H groups in total. The van der Waals surface area contributed by atoms with Gasteiger partial charge >= 0.3 is 0 Å². The largest absolute Gasteiger partial charge is 0.351 e. The van der Waals surface area contributed by atoms with E-state index in [1.807, 2.05) is 54.0 Å². The molecule has 0 spiro atoms. The maximum atomic E-state index is 12.6. The van der Waals surface area contributed by atoms with Gasteiger partial charge < -0.3 is 5.32 Å². The van der Waals surface area contributed by atoms with Gasteiger partial charge in [0.05, 0.1) is 16.6 Å². The monoisotopic (exact) mass is 333 g/mol. The molecule has 1 aromatic carbocycles. The maximum Gasteiger partial charge on any atom is 0.233 e. The average Bonchev–Trinajstić information content (AvgIpc) is 3.23. The Hall–Kier alpha value is -3.15. The van der Waals surface area contributed by atoms with Gasteiger partial charge in [-0.3, -0.25) is 4.79 Å². The quantitative estimate of drug-likeness (QED) is 0.604. The highest BCUT2D eigenvalue weighted by Crippen LogP contribution is 2.21. The molecule has 25 heavy (non-hydrogen) atoms. The zero-order valence-electron chi connectivity index (χ0n) is 14.0. The molecule has 0 bridgehead atoms. The number of benzene rings is 1. The number of carbonyl (C=O) groups excluding carboxylic acids is 1. The van der Waals surface area contributed by atoms with Crippen molar-refractivity contribution in [2.24, 2.45) is 0 Å². The molecular formula is C19H19N5O. The highest BCUT2D eigenvalue weighted by molar-refractivity contribution is 5.93. The highest BCUT2D eigenvalue weighted by atomic mass is 16.2. The van der Waals surface area contributed by atoms with E-state index in [-0.39, 0.29) is 5.91 Å². The van der Waals surface area contributed by atoms with Crippen LogP contribution in [0.15, 0.2) is 54.9 Å². The Morgan fingerprint density at radius 1 is 1.20 bits per heavy atom. The molecule has 0 aliphatic carbocycles. The normalized spacial score (nSPS) is 11.2. The first-order valence-electron chi connectivity index (χ1n) is 8.43. The molecule has 0 unspecified atom stereocenters. The Kier molecular flexibility index (Phi) is 3.93. The number of para-hydroxylation sites is 2. The van der Waals surface area contributed by atoms with E-state index in [9.17, 15) is 4.79 Å². The van der Waals surface area contributed by atoms with Gasteiger partial charge in [-0.05, 0) is 42.3 Å². The number of aromatic nitrogens is 4. The number of anilines is 1. The Morgan fingerprint density at radius 3 is 2.96 bits per heavy atom. The van der Waals surface area contributed by atoms with Crippen molar-refractivity contribution in [3.8, 4) is 0 Å². The minimum absolute atomic E-state index is 0.0601. The van der Waals surface area contributed by atoms with Crippen molar-refractivity contribution in [1.82, 2.24) is 19.2 Å². The van der Waals surface area contributed by atoms with Crippen molar-refractivity contribution >= 4 is 28.4 Å². The SMILES string of the molecule is CCCC(=O)n1c(NCc2ccn3nccc3c2)nc2ccccc21. The number of fused-ring (bicyclic) bond motifs is 2. The smallest absolute Gasteiger partial charge is 0.233 e. The van der Waals surface area contributed by atoms with Crippen LogP contribution in [0.4, 0.5) is 5.95 Å². The Morgan fingerprint density at radius 2 is 2.08 bits per heavy atom. The first-order chi connectivity index (χ1) is 12.3. The Balaban J connectivity index is 1.65. The van der Waals surface area contributed by atoms with Gasteiger partial charge in [-0.2, -0.15) is 5.10 Å². The fourth-order valence-electron chi connectivity index (χ4n) is 2.98. The minimum atomic E-state index is 0.0601. The van der Waals surface area contributed by atoms with Crippen LogP contribution in [0.3, 0.4) is 0 Å². The van der Waals surface area contributed by atoms with Gasteiger partial charge in [0.25, 0.3) is 0 Å². The van der Waals surface area contributed by atoms with Crippen LogP contribution in [0.1, 0.15) is 30.1 Å². The topological polar surface area (TPSA) is 64.2 Å². The summed E-state index contributed by atoms with van der Waals surface area (Å²) in [4.78, 5) is 17.2. The fourth-order valence-corrected chi connectivity index (χ4v) is 2.98. The summed E-state index contributed by atoms with van der Waals surface area (Å²) in [6.45, 7) is 2.59. The van der Waals surface area contributed by atoms with Gasteiger partial charge in [0.1, 0.15) is 0 Å². The van der Waals surface area contributed by atoms with Gasteiger partial charge in [0.15, 0.2) is 0 Å². The van der Waals surface area contributed by atoms with Crippen molar-refractivity contribution < 1.29 is 4.79 Å². The van der Waals surface area contributed by atoms with Gasteiger partial charge in [-0.1, -0.05) is 19.1 Å². The third-order valence-electron chi connectivity index (χ3n) is 4.19. The van der Waals surface area contributed by atoms with Crippen LogP contribution in [0.25, 0.3) is 16.6 Å². The molecule has 0 radical (unpaired) electrons. The number of nitrogens with zero attached hydrogens (tertiary/aromatic N) is 4. The Bertz CT molecular complexity index is 1050. The van der Waals surface area contributed by atoms with Crippen molar-refractivity contribution in [2.45, 2.75) is 26.3 Å². The third-order valence-corrected chi connectivity index (χ3v) is 4.19. The summed E-state index contributed by atoms with van der Waals surface area (Å²) in [6.07, 6.45) is 5.01. The lowest BCUT2D eigenvalue weighted by Crippen LogP contribution is -2.14. The molecule has 0 aliphatic heterocycles. The molecule has 0 amide bonds. The van der Waals surface area contributed by atoms with Crippen LogP contribution in [0.5, 0.6) is 0 Å². The van der Waals surface area contributed by atoms with Gasteiger partial charge in [0.2, 0.25) is 11.9 Å². The highest BCUT2D eigenvalue weighted by Gasteiger charge is 2.15. The fraction of sp³-hybridized carbons (Fsp3) is 0.211. The molecule has 4 rings (SSSR count). The van der Waals surface area contributed by atoms with E-state index in [0.29, 0.717) is 18.9 Å². The number of hydrogen-bond donors (Lipinski definition) is 1. The van der Waals surface area contributed by atoms with E-state index in [4.69, 9.17) is 0 Å². The van der Waals surface area contributed by atoms with Crippen molar-refractivity contribution in [2.75, 3.05) is 5.32 Å². The average molecular weight is 333 g/mol. The summed E-state index contributed by atoms with van der Waals surface area (Å²) in [7, 11) is 0. The third kappa shape index (κ3) is 2.87. The van der Waals surface area contributed by atoms with E-state index < -0.39 is 0 Å². The van der Waals surface area contributed by atoms with E-state index in [1.54, 1.807) is 10.8 Å². The van der Waals surface area contributed by atoms with Crippen molar-refractivity contribution in [1.29, 1.82) is 0 Å². The Labute approximate surface area is 145 Å². The molecule has 0 aliphatic rings. The van der Waals surface area contributed by atoms with Crippen LogP contribution in [-0.2, 0) is 6.54 Å². The number of carbonyl (C=O) groups is 1. The first kappa shape index (κ1) is 15.4. The van der Waals surface area contributed by atoms with Crippen LogP contribution in [0.2, 0.25) is 0 Å². The number of rotatable bonds is 5. The second-order valence-corrected chi connectivity index (χ2v) is 5.99. The summed E-state index contributed by atoms with van der Waals surface area (Å²) in [6, 6.07) is 13.8. The van der Waals surface area contributed by atoms with E-state index in [2.05, 4.69) is 21.5 Å². The molecule has 3 aromatic heterocycles. The summed E-state index contributed by atoms with van der Waals surface area (Å²) < 4.78 is 3.51. The molecule has 0 saturated carbocycles. The standard InChI is InChI=1S/C19H19N5O/c1-2-5-18(25)24-17-7-4-3-6-16(17)22-19(24)20-13-14-9-11-23-15(12-14)8-10-21-23/h3-4,6-12H,2,5,13H2,1H3,(H,20,22). The predicted molar refractivity (Wildman–Crippen MR) is 97.8 cm³/mol. The van der Waals surface area contributed by atoms with E-state index >= 15 is 0 Å². The number of pyridine rings is 1. The van der Waals surface area contributed by atoms with Crippen LogP contribution in [-0.4, -0.2) is 25.1 Å². The molecule has 0 fully saturated rings. The second kappa shape index (κ2) is 6.39. The molecule has 0 atom stereocenters. The summed E-state index contributed by atoms with van der Waals surface area (Å²) >= 11 is 0. The molecule has 4 aromatic rings. The van der Waals surface area contributed by atoms with Gasteiger partial charge in [-0.15, -0.1) is 0 Å². The molecule has 0 saturated heterocycles. The lowest BCUT2D eigenvalue weighted by atomic mass is 10.2. The summed E-state index contributed by atoms with van der Waals surface area (Å²) in [5.41, 5.74) is 3.81.